The predicted octanol–water partition coefficient (Wildman–Crippen LogP) is 5.08. The number of anilines is 5. The highest BCUT2D eigenvalue weighted by Gasteiger charge is 2.14. The van der Waals surface area contributed by atoms with Crippen LogP contribution in [-0.2, 0) is 10.0 Å². The topological polar surface area (TPSA) is 105 Å². The first-order chi connectivity index (χ1) is 15.9. The fraction of sp³-hybridized carbons (Fsp3) is 0.0833. The van der Waals surface area contributed by atoms with Gasteiger partial charge in [-0.15, -0.1) is 0 Å². The van der Waals surface area contributed by atoms with Crippen LogP contribution in [0.25, 0.3) is 0 Å². The Morgan fingerprint density at radius 2 is 1.39 bits per heavy atom. The van der Waals surface area contributed by atoms with E-state index in [-0.39, 0.29) is 4.90 Å². The van der Waals surface area contributed by atoms with Crippen LogP contribution in [0.2, 0.25) is 0 Å². The van der Waals surface area contributed by atoms with Crippen LogP contribution < -0.4 is 20.1 Å². The van der Waals surface area contributed by atoms with Gasteiger partial charge in [-0.2, -0.15) is 4.98 Å². The molecule has 0 amide bonds. The molecule has 3 aromatic carbocycles. The van der Waals surface area contributed by atoms with Crippen LogP contribution in [0.15, 0.2) is 89.8 Å². The molecule has 3 N–H and O–H groups in total. The number of hydrogen-bond acceptors (Lipinski definition) is 7. The van der Waals surface area contributed by atoms with Crippen molar-refractivity contribution in [3.05, 3.63) is 90.6 Å². The average Bonchev–Trinajstić information content (AvgIpc) is 2.80. The predicted molar refractivity (Wildman–Crippen MR) is 130 cm³/mol. The molecule has 0 aliphatic rings. The minimum Gasteiger partial charge on any atom is -0.497 e. The van der Waals surface area contributed by atoms with Crippen molar-refractivity contribution >= 4 is 38.9 Å². The number of methoxy groups -OCH3 is 1. The van der Waals surface area contributed by atoms with Gasteiger partial charge < -0.3 is 15.4 Å². The van der Waals surface area contributed by atoms with Gasteiger partial charge in [-0.25, -0.2) is 13.4 Å². The Labute approximate surface area is 192 Å². The molecule has 0 bridgehead atoms. The molecule has 0 fully saturated rings. The molecule has 0 radical (unpaired) electrons. The maximum absolute atomic E-state index is 12.6. The quantitative estimate of drug-likeness (QED) is 0.336. The number of hydrogen-bond donors (Lipinski definition) is 3. The third-order valence-electron chi connectivity index (χ3n) is 4.66. The van der Waals surface area contributed by atoms with Crippen molar-refractivity contribution in [2.45, 2.75) is 11.8 Å². The lowest BCUT2D eigenvalue weighted by atomic mass is 10.3. The molecule has 4 rings (SSSR count). The van der Waals surface area contributed by atoms with Crippen LogP contribution in [0.3, 0.4) is 0 Å². The molecular formula is C24H23N5O3S. The van der Waals surface area contributed by atoms with Gasteiger partial charge in [0, 0.05) is 28.8 Å². The molecule has 0 saturated carbocycles. The zero-order chi connectivity index (χ0) is 23.3. The summed E-state index contributed by atoms with van der Waals surface area (Å²) in [5.74, 6) is 1.69. The van der Waals surface area contributed by atoms with E-state index in [1.807, 2.05) is 43.3 Å². The van der Waals surface area contributed by atoms with Gasteiger partial charge >= 0.3 is 0 Å². The van der Waals surface area contributed by atoms with Gasteiger partial charge in [0.05, 0.1) is 12.0 Å². The Morgan fingerprint density at radius 1 is 0.758 bits per heavy atom. The number of nitrogens with one attached hydrogen (secondary N) is 3. The smallest absolute Gasteiger partial charge is 0.261 e. The SMILES string of the molecule is COc1ccc(S(=O)(=O)Nc2ccc(Nc3nc(C)cc(Nc4ccccc4)n3)cc2)cc1. The second-order valence-electron chi connectivity index (χ2n) is 7.19. The number of aromatic nitrogens is 2. The van der Waals surface area contributed by atoms with E-state index >= 15 is 0 Å². The molecule has 9 heteroatoms. The van der Waals surface area contributed by atoms with Crippen LogP contribution in [0, 0.1) is 6.92 Å². The van der Waals surface area contributed by atoms with E-state index in [9.17, 15) is 8.42 Å². The lowest BCUT2D eigenvalue weighted by Gasteiger charge is -2.11. The fourth-order valence-electron chi connectivity index (χ4n) is 3.08. The van der Waals surface area contributed by atoms with Crippen LogP contribution in [0.1, 0.15) is 5.69 Å². The molecule has 8 nitrogen and oxygen atoms in total. The van der Waals surface area contributed by atoms with E-state index in [0.29, 0.717) is 23.2 Å². The molecule has 0 spiro atoms. The van der Waals surface area contributed by atoms with E-state index < -0.39 is 10.0 Å². The van der Waals surface area contributed by atoms with Gasteiger partial charge in [0.15, 0.2) is 0 Å². The summed E-state index contributed by atoms with van der Waals surface area (Å²) < 4.78 is 32.9. The second kappa shape index (κ2) is 9.58. The van der Waals surface area contributed by atoms with Crippen molar-refractivity contribution < 1.29 is 13.2 Å². The van der Waals surface area contributed by atoms with Gasteiger partial charge in [-0.05, 0) is 67.6 Å². The Bertz CT molecular complexity index is 1330. The molecule has 33 heavy (non-hydrogen) atoms. The van der Waals surface area contributed by atoms with E-state index in [1.54, 1.807) is 36.4 Å². The van der Waals surface area contributed by atoms with Crippen LogP contribution in [0.5, 0.6) is 5.75 Å². The molecule has 0 aliphatic carbocycles. The molecule has 0 aliphatic heterocycles. The van der Waals surface area contributed by atoms with Crippen LogP contribution in [-0.4, -0.2) is 25.5 Å². The number of para-hydroxylation sites is 1. The van der Waals surface area contributed by atoms with E-state index in [1.165, 1.54) is 19.2 Å². The lowest BCUT2D eigenvalue weighted by molar-refractivity contribution is 0.414. The Morgan fingerprint density at radius 3 is 2.06 bits per heavy atom. The summed E-state index contributed by atoms with van der Waals surface area (Å²) in [4.78, 5) is 9.08. The van der Waals surface area contributed by atoms with Gasteiger partial charge in [0.25, 0.3) is 10.0 Å². The number of benzene rings is 3. The molecular weight excluding hydrogens is 438 g/mol. The molecule has 0 atom stereocenters. The van der Waals surface area contributed by atoms with Crippen LogP contribution >= 0.6 is 0 Å². The van der Waals surface area contributed by atoms with Crippen LogP contribution in [0.4, 0.5) is 28.8 Å². The first-order valence-corrected chi connectivity index (χ1v) is 11.6. The summed E-state index contributed by atoms with van der Waals surface area (Å²) in [5, 5.41) is 6.40. The van der Waals surface area contributed by atoms with Crippen molar-refractivity contribution in [2.75, 3.05) is 22.5 Å². The first-order valence-electron chi connectivity index (χ1n) is 10.1. The monoisotopic (exact) mass is 461 g/mol. The van der Waals surface area contributed by atoms with Crippen molar-refractivity contribution in [1.29, 1.82) is 0 Å². The lowest BCUT2D eigenvalue weighted by Crippen LogP contribution is -2.12. The standard InChI is InChI=1S/C24H23N5O3S/c1-17-16-23(26-18-6-4-3-5-7-18)28-24(25-17)27-19-8-10-20(11-9-19)29-33(30,31)22-14-12-21(32-2)13-15-22/h3-16,29H,1-2H3,(H2,25,26,27,28). The van der Waals surface area contributed by atoms with Gasteiger partial charge in [-0.3, -0.25) is 4.72 Å². The maximum atomic E-state index is 12.6. The highest BCUT2D eigenvalue weighted by molar-refractivity contribution is 7.92. The van der Waals surface area contributed by atoms with Crippen molar-refractivity contribution in [3.63, 3.8) is 0 Å². The Hall–Kier alpha value is -4.11. The number of sulfonamides is 1. The second-order valence-corrected chi connectivity index (χ2v) is 8.87. The molecule has 1 aromatic heterocycles. The first kappa shape index (κ1) is 22.1. The number of ether oxygens (including phenoxy) is 1. The zero-order valence-electron chi connectivity index (χ0n) is 18.1. The summed E-state index contributed by atoms with van der Waals surface area (Å²) in [6.07, 6.45) is 0. The van der Waals surface area contributed by atoms with Crippen molar-refractivity contribution in [1.82, 2.24) is 9.97 Å². The fourth-order valence-corrected chi connectivity index (χ4v) is 4.14. The van der Waals surface area contributed by atoms with E-state index in [4.69, 9.17) is 4.74 Å². The van der Waals surface area contributed by atoms with Gasteiger partial charge in [-0.1, -0.05) is 18.2 Å². The molecule has 0 unspecified atom stereocenters. The highest BCUT2D eigenvalue weighted by atomic mass is 32.2. The number of aryl methyl sites for hydroxylation is 1. The highest BCUT2D eigenvalue weighted by Crippen LogP contribution is 2.23. The molecule has 0 saturated heterocycles. The molecule has 4 aromatic rings. The third kappa shape index (κ3) is 5.78. The van der Waals surface area contributed by atoms with E-state index in [0.717, 1.165) is 17.1 Å². The summed E-state index contributed by atoms with van der Waals surface area (Å²) in [7, 11) is -2.18. The molecule has 1 heterocycles. The Kier molecular flexibility index (Phi) is 6.41. The van der Waals surface area contributed by atoms with Gasteiger partial charge in [0.2, 0.25) is 5.95 Å². The Balaban J connectivity index is 1.45. The van der Waals surface area contributed by atoms with E-state index in [2.05, 4.69) is 25.3 Å². The number of rotatable bonds is 8. The normalized spacial score (nSPS) is 11.0. The summed E-state index contributed by atoms with van der Waals surface area (Å²) in [6.45, 7) is 1.89. The minimum absolute atomic E-state index is 0.150. The summed E-state index contributed by atoms with van der Waals surface area (Å²) in [5.41, 5.74) is 2.89. The van der Waals surface area contributed by atoms with Gasteiger partial charge in [0.1, 0.15) is 11.6 Å². The minimum atomic E-state index is -3.71. The average molecular weight is 462 g/mol. The summed E-state index contributed by atoms with van der Waals surface area (Å²) in [6, 6.07) is 24.6. The zero-order valence-corrected chi connectivity index (χ0v) is 18.9. The molecule has 168 valence electrons. The maximum Gasteiger partial charge on any atom is 0.261 e. The van der Waals surface area contributed by atoms with Crippen molar-refractivity contribution in [3.8, 4) is 5.75 Å². The van der Waals surface area contributed by atoms with Crippen molar-refractivity contribution in [2.24, 2.45) is 0 Å². The summed E-state index contributed by atoms with van der Waals surface area (Å²) >= 11 is 0. The third-order valence-corrected chi connectivity index (χ3v) is 6.06. The largest absolute Gasteiger partial charge is 0.497 e. The number of nitrogens with zero attached hydrogens (tertiary/aromatic N) is 2.